The molecule has 0 saturated heterocycles. The van der Waals surface area contributed by atoms with Crippen LogP contribution < -0.4 is 10.6 Å². The standard InChI is InChI=1S/C10H17N3OS.ClH/c1-7(2)8-6-12-10(15-8)13-9(14)4-5-11-3;/h6-7,11H,4-5H2,1-3H3,(H,12,13,14);1H. The first-order chi connectivity index (χ1) is 7.13. The summed E-state index contributed by atoms with van der Waals surface area (Å²) in [6.07, 6.45) is 2.30. The molecule has 0 aromatic carbocycles. The summed E-state index contributed by atoms with van der Waals surface area (Å²) in [5, 5.41) is 6.40. The average molecular weight is 264 g/mol. The quantitative estimate of drug-likeness (QED) is 0.857. The molecule has 0 saturated carbocycles. The molecule has 16 heavy (non-hydrogen) atoms. The van der Waals surface area contributed by atoms with Crippen LogP contribution in [0.25, 0.3) is 0 Å². The predicted octanol–water partition coefficient (Wildman–Crippen LogP) is 2.24. The molecule has 1 rings (SSSR count). The highest BCUT2D eigenvalue weighted by atomic mass is 35.5. The van der Waals surface area contributed by atoms with E-state index >= 15 is 0 Å². The van der Waals surface area contributed by atoms with Gasteiger partial charge in [0.15, 0.2) is 5.13 Å². The van der Waals surface area contributed by atoms with Crippen LogP contribution in [0.2, 0.25) is 0 Å². The second-order valence-corrected chi connectivity index (χ2v) is 4.69. The number of nitrogens with zero attached hydrogens (tertiary/aromatic N) is 1. The molecule has 1 aromatic rings. The van der Waals surface area contributed by atoms with Crippen LogP contribution in [0, 0.1) is 0 Å². The summed E-state index contributed by atoms with van der Waals surface area (Å²) < 4.78 is 0. The zero-order valence-electron chi connectivity index (χ0n) is 9.74. The van der Waals surface area contributed by atoms with Crippen LogP contribution in [0.4, 0.5) is 5.13 Å². The average Bonchev–Trinajstić information content (AvgIpc) is 2.63. The van der Waals surface area contributed by atoms with Crippen molar-refractivity contribution >= 4 is 34.8 Å². The number of hydrogen-bond donors (Lipinski definition) is 2. The Labute approximate surface area is 106 Å². The maximum Gasteiger partial charge on any atom is 0.227 e. The van der Waals surface area contributed by atoms with Gasteiger partial charge in [-0.2, -0.15) is 0 Å². The van der Waals surface area contributed by atoms with Crippen LogP contribution in [0.3, 0.4) is 0 Å². The van der Waals surface area contributed by atoms with E-state index in [1.54, 1.807) is 0 Å². The summed E-state index contributed by atoms with van der Waals surface area (Å²) in [6, 6.07) is 0. The van der Waals surface area contributed by atoms with Crippen molar-refractivity contribution in [3.63, 3.8) is 0 Å². The Hall–Kier alpha value is -0.650. The molecule has 0 bridgehead atoms. The lowest BCUT2D eigenvalue weighted by Gasteiger charge is -2.00. The summed E-state index contributed by atoms with van der Waals surface area (Å²) in [7, 11) is 1.83. The SMILES string of the molecule is CNCCC(=O)Nc1ncc(C(C)C)s1.Cl. The van der Waals surface area contributed by atoms with Gasteiger partial charge in [0.1, 0.15) is 0 Å². The lowest BCUT2D eigenvalue weighted by molar-refractivity contribution is -0.116. The number of hydrogen-bond acceptors (Lipinski definition) is 4. The topological polar surface area (TPSA) is 54.0 Å². The summed E-state index contributed by atoms with van der Waals surface area (Å²) in [4.78, 5) is 16.7. The third-order valence-electron chi connectivity index (χ3n) is 1.94. The Morgan fingerprint density at radius 1 is 1.56 bits per heavy atom. The number of amides is 1. The molecule has 4 nitrogen and oxygen atoms in total. The maximum absolute atomic E-state index is 11.4. The van der Waals surface area contributed by atoms with Crippen LogP contribution in [0.1, 0.15) is 31.1 Å². The first kappa shape index (κ1) is 15.3. The van der Waals surface area contributed by atoms with Gasteiger partial charge in [-0.25, -0.2) is 4.98 Å². The van der Waals surface area contributed by atoms with Crippen LogP contribution in [0.15, 0.2) is 6.20 Å². The van der Waals surface area contributed by atoms with E-state index in [0.29, 0.717) is 24.0 Å². The minimum absolute atomic E-state index is 0. The number of carbonyl (C=O) groups is 1. The van der Waals surface area contributed by atoms with Gasteiger partial charge in [-0.15, -0.1) is 23.7 Å². The van der Waals surface area contributed by atoms with Crippen LogP contribution >= 0.6 is 23.7 Å². The zero-order chi connectivity index (χ0) is 11.3. The van der Waals surface area contributed by atoms with E-state index in [1.807, 2.05) is 13.2 Å². The van der Waals surface area contributed by atoms with Crippen molar-refractivity contribution in [1.29, 1.82) is 0 Å². The highest BCUT2D eigenvalue weighted by Gasteiger charge is 2.07. The van der Waals surface area contributed by atoms with E-state index in [9.17, 15) is 4.79 Å². The smallest absolute Gasteiger partial charge is 0.227 e. The molecular weight excluding hydrogens is 246 g/mol. The van der Waals surface area contributed by atoms with E-state index in [1.165, 1.54) is 16.2 Å². The number of aromatic nitrogens is 1. The third kappa shape index (κ3) is 4.92. The largest absolute Gasteiger partial charge is 0.319 e. The molecule has 2 N–H and O–H groups in total. The molecule has 0 aliphatic heterocycles. The lowest BCUT2D eigenvalue weighted by Crippen LogP contribution is -2.18. The molecule has 0 aliphatic rings. The van der Waals surface area contributed by atoms with Gasteiger partial charge in [-0.1, -0.05) is 13.8 Å². The Morgan fingerprint density at radius 3 is 2.75 bits per heavy atom. The number of halogens is 1. The number of thiazole rings is 1. The van der Waals surface area contributed by atoms with E-state index in [2.05, 4.69) is 29.5 Å². The van der Waals surface area contributed by atoms with Gasteiger partial charge in [-0.3, -0.25) is 4.79 Å². The zero-order valence-corrected chi connectivity index (χ0v) is 11.4. The molecular formula is C10H18ClN3OS. The van der Waals surface area contributed by atoms with Gasteiger partial charge in [0.2, 0.25) is 5.91 Å². The molecule has 0 aliphatic carbocycles. The number of anilines is 1. The monoisotopic (exact) mass is 263 g/mol. The molecule has 1 heterocycles. The molecule has 0 atom stereocenters. The first-order valence-electron chi connectivity index (χ1n) is 5.03. The highest BCUT2D eigenvalue weighted by molar-refractivity contribution is 7.15. The van der Waals surface area contributed by atoms with Crippen molar-refractivity contribution in [2.75, 3.05) is 18.9 Å². The van der Waals surface area contributed by atoms with Gasteiger partial charge >= 0.3 is 0 Å². The Balaban J connectivity index is 0.00000225. The second-order valence-electron chi connectivity index (χ2n) is 3.62. The Kier molecular flexibility index (Phi) is 7.29. The van der Waals surface area contributed by atoms with Crippen molar-refractivity contribution < 1.29 is 4.79 Å². The van der Waals surface area contributed by atoms with E-state index in [-0.39, 0.29) is 18.3 Å². The van der Waals surface area contributed by atoms with E-state index in [4.69, 9.17) is 0 Å². The second kappa shape index (κ2) is 7.60. The number of nitrogens with one attached hydrogen (secondary N) is 2. The van der Waals surface area contributed by atoms with Crippen LogP contribution in [-0.2, 0) is 4.79 Å². The number of rotatable bonds is 5. The van der Waals surface area contributed by atoms with Gasteiger partial charge < -0.3 is 10.6 Å². The van der Waals surface area contributed by atoms with Crippen molar-refractivity contribution in [3.8, 4) is 0 Å². The van der Waals surface area contributed by atoms with Gasteiger partial charge in [-0.05, 0) is 13.0 Å². The molecule has 1 amide bonds. The normalized spacial score (nSPS) is 10.0. The van der Waals surface area contributed by atoms with Gasteiger partial charge in [0.25, 0.3) is 0 Å². The Morgan fingerprint density at radius 2 is 2.25 bits per heavy atom. The molecule has 0 fully saturated rings. The van der Waals surface area contributed by atoms with Gasteiger partial charge in [0, 0.05) is 24.0 Å². The fourth-order valence-corrected chi connectivity index (χ4v) is 1.87. The molecule has 0 unspecified atom stereocenters. The van der Waals surface area contributed by atoms with Gasteiger partial charge in [0.05, 0.1) is 0 Å². The minimum atomic E-state index is 0. The molecule has 92 valence electrons. The van der Waals surface area contributed by atoms with Crippen LogP contribution in [0.5, 0.6) is 0 Å². The van der Waals surface area contributed by atoms with Crippen molar-refractivity contribution in [3.05, 3.63) is 11.1 Å². The highest BCUT2D eigenvalue weighted by Crippen LogP contribution is 2.24. The van der Waals surface area contributed by atoms with Crippen molar-refractivity contribution in [1.82, 2.24) is 10.3 Å². The molecule has 0 radical (unpaired) electrons. The van der Waals surface area contributed by atoms with E-state index < -0.39 is 0 Å². The minimum Gasteiger partial charge on any atom is -0.319 e. The summed E-state index contributed by atoms with van der Waals surface area (Å²) in [5.74, 6) is 0.472. The van der Waals surface area contributed by atoms with Crippen LogP contribution in [-0.4, -0.2) is 24.5 Å². The molecule has 0 spiro atoms. The predicted molar refractivity (Wildman–Crippen MR) is 70.6 cm³/mol. The summed E-state index contributed by atoms with van der Waals surface area (Å²) >= 11 is 1.54. The van der Waals surface area contributed by atoms with Crippen molar-refractivity contribution in [2.24, 2.45) is 0 Å². The first-order valence-corrected chi connectivity index (χ1v) is 5.85. The van der Waals surface area contributed by atoms with E-state index in [0.717, 1.165) is 0 Å². The Bertz CT molecular complexity index is 328. The summed E-state index contributed by atoms with van der Waals surface area (Å²) in [6.45, 7) is 4.91. The third-order valence-corrected chi connectivity index (χ3v) is 3.15. The number of carbonyl (C=O) groups excluding carboxylic acids is 1. The fourth-order valence-electron chi connectivity index (χ4n) is 1.03. The summed E-state index contributed by atoms with van der Waals surface area (Å²) in [5.41, 5.74) is 0. The maximum atomic E-state index is 11.4. The van der Waals surface area contributed by atoms with Crippen molar-refractivity contribution in [2.45, 2.75) is 26.2 Å². The molecule has 1 aromatic heterocycles. The fraction of sp³-hybridized carbons (Fsp3) is 0.600. The molecule has 6 heteroatoms. The lowest BCUT2D eigenvalue weighted by atomic mass is 10.2.